The Kier molecular flexibility index (Phi) is 771. The fourth-order valence-corrected chi connectivity index (χ4v) is 0. The van der Waals surface area contributed by atoms with Crippen LogP contribution in [0.1, 0.15) is 0 Å². The van der Waals surface area contributed by atoms with Crippen LogP contribution in [0.15, 0.2) is 0 Å². The van der Waals surface area contributed by atoms with Crippen LogP contribution >= 0.6 is 0 Å². The second-order valence-electron chi connectivity index (χ2n) is 0. The van der Waals surface area contributed by atoms with E-state index in [4.69, 9.17) is 0 Å². The summed E-state index contributed by atoms with van der Waals surface area (Å²) in [5.74, 6) is 0. The van der Waals surface area contributed by atoms with E-state index in [1.807, 2.05) is 0 Å². The average molecular weight is 114 g/mol. The van der Waals surface area contributed by atoms with Gasteiger partial charge < -0.3 is 11.0 Å². The molecule has 0 saturated carbocycles. The van der Waals surface area contributed by atoms with Crippen molar-refractivity contribution in [2.24, 2.45) is 0 Å². The summed E-state index contributed by atoms with van der Waals surface area (Å²) >= 11 is 0. The molecule has 0 aromatic carbocycles. The van der Waals surface area contributed by atoms with Crippen molar-refractivity contribution in [1.29, 1.82) is 0 Å². The summed E-state index contributed by atoms with van der Waals surface area (Å²) in [7, 11) is 0. The summed E-state index contributed by atoms with van der Waals surface area (Å²) in [4.78, 5) is 0. The van der Waals surface area contributed by atoms with Crippen molar-refractivity contribution >= 4 is 17.4 Å². The smallest absolute Gasteiger partial charge is 2.00 e. The van der Waals surface area contributed by atoms with Crippen LogP contribution in [0, 0.1) is 0 Å². The molecule has 0 fully saturated rings. The summed E-state index contributed by atoms with van der Waals surface area (Å²) in [6.45, 7) is 0. The van der Waals surface area contributed by atoms with Gasteiger partial charge in [0.1, 0.15) is 0 Å². The van der Waals surface area contributed by atoms with Crippen molar-refractivity contribution in [3.63, 3.8) is 0 Å². The topological polar surface area (TPSA) is 57.0 Å². The van der Waals surface area contributed by atoms with E-state index in [1.165, 1.54) is 0 Å². The van der Waals surface area contributed by atoms with Gasteiger partial charge in [0.2, 0.25) is 0 Å². The maximum absolute atomic E-state index is 0. The molecule has 0 bridgehead atoms. The quantitative estimate of drug-likeness (QED) is 0.377. The summed E-state index contributed by atoms with van der Waals surface area (Å²) in [6.07, 6.45) is 0. The largest absolute Gasteiger partial charge is 3.00 e. The first-order chi connectivity index (χ1) is 0. The maximum Gasteiger partial charge on any atom is 3.00 e. The predicted octanol–water partition coefficient (Wildman–Crippen LogP) is -0.621. The van der Waals surface area contributed by atoms with Gasteiger partial charge in [0, 0.05) is 0 Å². The molecule has 0 saturated heterocycles. The van der Waals surface area contributed by atoms with Gasteiger partial charge in [-0.25, -0.2) is 0 Å². The van der Waals surface area contributed by atoms with Gasteiger partial charge in [-0.15, -0.1) is 0 Å². The molecule has 0 rings (SSSR count). The van der Waals surface area contributed by atoms with Crippen molar-refractivity contribution in [1.82, 2.24) is 0 Å². The van der Waals surface area contributed by atoms with E-state index in [1.54, 1.807) is 0 Å². The minimum atomic E-state index is 0. The molecule has 0 heterocycles. The normalized spacial score (nSPS) is 0. The molecule has 0 aliphatic heterocycles. The van der Waals surface area contributed by atoms with E-state index >= 15 is 0 Å². The maximum atomic E-state index is 0. The molecule has 0 atom stereocenters. The Morgan fingerprint density at radius 3 is 0.750 bits per heavy atom. The molecule has 2 nitrogen and oxygen atoms in total. The van der Waals surface area contributed by atoms with Crippen molar-refractivity contribution in [3.05, 3.63) is 0 Å². The Bertz CT molecular complexity index is 6.00. The zero-order valence-corrected chi connectivity index (χ0v) is 4.11. The molecular formula is AlMnO2+. The van der Waals surface area contributed by atoms with E-state index in [-0.39, 0.29) is 45.4 Å². The Morgan fingerprint density at radius 1 is 0.750 bits per heavy atom. The molecule has 0 aromatic heterocycles. The minimum absolute atomic E-state index is 0. The second-order valence-corrected chi connectivity index (χ2v) is 0. The summed E-state index contributed by atoms with van der Waals surface area (Å²) in [6, 6.07) is 0. The van der Waals surface area contributed by atoms with E-state index in [2.05, 4.69) is 0 Å². The van der Waals surface area contributed by atoms with E-state index < -0.39 is 0 Å². The van der Waals surface area contributed by atoms with Crippen LogP contribution in [0.5, 0.6) is 0 Å². The fraction of sp³-hybridized carbons (Fsp3) is 0. The molecule has 0 N–H and O–H groups in total. The molecule has 4 heteroatoms. The number of hydrogen-bond acceptors (Lipinski definition) is 0. The first-order valence-electron chi connectivity index (χ1n) is 0. The van der Waals surface area contributed by atoms with Crippen molar-refractivity contribution < 1.29 is 28.0 Å². The SMILES string of the molecule is [Al+3].[Mn+2].[O-2].[O-2]. The van der Waals surface area contributed by atoms with Crippen LogP contribution < -0.4 is 0 Å². The zero-order valence-electron chi connectivity index (χ0n) is 1.77. The minimum Gasteiger partial charge on any atom is -2.00 e. The number of hydrogen-bond donors (Lipinski definition) is 0. The third-order valence-electron chi connectivity index (χ3n) is 0. The summed E-state index contributed by atoms with van der Waals surface area (Å²) in [5, 5.41) is 0. The van der Waals surface area contributed by atoms with Crippen molar-refractivity contribution in [2.45, 2.75) is 0 Å². The van der Waals surface area contributed by atoms with Gasteiger partial charge >= 0.3 is 34.4 Å². The molecule has 0 amide bonds. The summed E-state index contributed by atoms with van der Waals surface area (Å²) < 4.78 is 0. The molecule has 0 aliphatic rings. The van der Waals surface area contributed by atoms with Crippen LogP contribution in [0.2, 0.25) is 0 Å². The van der Waals surface area contributed by atoms with Crippen LogP contribution in [-0.4, -0.2) is 17.4 Å². The van der Waals surface area contributed by atoms with E-state index in [0.29, 0.717) is 0 Å². The Labute approximate surface area is 45.8 Å². The molecular weight excluding hydrogens is 114 g/mol. The Balaban J connectivity index is 0. The van der Waals surface area contributed by atoms with Gasteiger partial charge in [0.15, 0.2) is 0 Å². The molecule has 4 heavy (non-hydrogen) atoms. The standard InChI is InChI=1S/Al.Mn.2O/q+3;+2;2*-2. The molecule has 0 aromatic rings. The van der Waals surface area contributed by atoms with Crippen LogP contribution in [-0.2, 0) is 28.0 Å². The van der Waals surface area contributed by atoms with Crippen LogP contribution in [0.25, 0.3) is 0 Å². The molecule has 0 unspecified atom stereocenters. The van der Waals surface area contributed by atoms with Gasteiger partial charge in [0.05, 0.1) is 0 Å². The Morgan fingerprint density at radius 2 is 0.750 bits per heavy atom. The van der Waals surface area contributed by atoms with Gasteiger partial charge in [0.25, 0.3) is 0 Å². The average Bonchev–Trinajstić information content (AvgIpc) is 0. The van der Waals surface area contributed by atoms with Crippen LogP contribution in [0.4, 0.5) is 0 Å². The monoisotopic (exact) mass is 114 g/mol. The van der Waals surface area contributed by atoms with Crippen molar-refractivity contribution in [2.75, 3.05) is 0 Å². The van der Waals surface area contributed by atoms with E-state index in [0.717, 1.165) is 0 Å². The summed E-state index contributed by atoms with van der Waals surface area (Å²) in [5.41, 5.74) is 0. The van der Waals surface area contributed by atoms with Crippen molar-refractivity contribution in [3.8, 4) is 0 Å². The van der Waals surface area contributed by atoms with Gasteiger partial charge in [-0.1, -0.05) is 0 Å². The number of rotatable bonds is 0. The molecule has 1 radical (unpaired) electrons. The van der Waals surface area contributed by atoms with Gasteiger partial charge in [-0.05, 0) is 0 Å². The van der Waals surface area contributed by atoms with Gasteiger partial charge in [-0.3, -0.25) is 0 Å². The molecule has 0 spiro atoms. The zero-order chi connectivity index (χ0) is 0. The third kappa shape index (κ3) is 12.2. The van der Waals surface area contributed by atoms with E-state index in [9.17, 15) is 0 Å². The fourth-order valence-electron chi connectivity index (χ4n) is 0. The first kappa shape index (κ1) is 83.0. The first-order valence-corrected chi connectivity index (χ1v) is 0. The Hall–Kier alpha value is 0.972. The van der Waals surface area contributed by atoms with Crippen LogP contribution in [0.3, 0.4) is 0 Å². The van der Waals surface area contributed by atoms with Gasteiger partial charge in [-0.2, -0.15) is 0 Å². The molecule has 21 valence electrons. The third-order valence-corrected chi connectivity index (χ3v) is 0. The molecule has 0 aliphatic carbocycles. The second kappa shape index (κ2) is 37.1. The predicted molar refractivity (Wildman–Crippen MR) is 7.13 cm³/mol.